The fraction of sp³-hybridized carbons (Fsp3) is 0.263. The molecule has 0 aliphatic carbocycles. The number of aliphatic carboxylic acids is 1. The summed E-state index contributed by atoms with van der Waals surface area (Å²) in [5.74, 6) is -1.63. The van der Waals surface area contributed by atoms with Crippen LogP contribution >= 0.6 is 0 Å². The van der Waals surface area contributed by atoms with Crippen LogP contribution in [0.15, 0.2) is 53.4 Å². The molecule has 0 radical (unpaired) electrons. The smallest absolute Gasteiger partial charge is 0.323 e. The minimum Gasteiger partial charge on any atom is -0.480 e. The highest BCUT2D eigenvalue weighted by Crippen LogP contribution is 2.20. The van der Waals surface area contributed by atoms with E-state index in [1.54, 1.807) is 30.3 Å². The number of amides is 1. The van der Waals surface area contributed by atoms with E-state index in [0.717, 1.165) is 11.8 Å². The Bertz CT molecular complexity index is 907. The zero-order valence-corrected chi connectivity index (χ0v) is 15.5. The molecule has 0 bridgehead atoms. The number of rotatable bonds is 7. The molecule has 0 fully saturated rings. The van der Waals surface area contributed by atoms with Crippen molar-refractivity contribution < 1.29 is 23.1 Å². The molecular weight excluding hydrogens is 354 g/mol. The zero-order chi connectivity index (χ0) is 19.3. The van der Waals surface area contributed by atoms with Crippen molar-refractivity contribution >= 4 is 21.7 Å². The number of carbonyl (C=O) groups excluding carboxylic acids is 1. The minimum atomic E-state index is -3.48. The van der Waals surface area contributed by atoms with Gasteiger partial charge in [0, 0.05) is 18.4 Å². The Morgan fingerprint density at radius 2 is 1.73 bits per heavy atom. The normalized spacial score (nSPS) is 11.2. The molecule has 0 spiro atoms. The highest BCUT2D eigenvalue weighted by Gasteiger charge is 2.23. The van der Waals surface area contributed by atoms with Gasteiger partial charge in [-0.25, -0.2) is 8.42 Å². The molecule has 0 aliphatic rings. The van der Waals surface area contributed by atoms with Crippen molar-refractivity contribution in [3.63, 3.8) is 0 Å². The monoisotopic (exact) mass is 375 g/mol. The molecule has 0 saturated carbocycles. The number of carboxylic acids is 1. The molecule has 26 heavy (non-hydrogen) atoms. The Hall–Kier alpha value is -2.67. The van der Waals surface area contributed by atoms with Gasteiger partial charge in [0.1, 0.15) is 6.54 Å². The van der Waals surface area contributed by atoms with Gasteiger partial charge < -0.3 is 10.0 Å². The summed E-state index contributed by atoms with van der Waals surface area (Å²) in [7, 11) is -3.48. The molecule has 138 valence electrons. The molecular formula is C19H21NO5S. The summed E-state index contributed by atoms with van der Waals surface area (Å²) in [5.41, 5.74) is 1.68. The third kappa shape index (κ3) is 4.92. The van der Waals surface area contributed by atoms with E-state index in [-0.39, 0.29) is 17.0 Å². The van der Waals surface area contributed by atoms with Gasteiger partial charge in [0.05, 0.1) is 4.90 Å². The average molecular weight is 375 g/mol. The van der Waals surface area contributed by atoms with Gasteiger partial charge in [-0.15, -0.1) is 0 Å². The highest BCUT2D eigenvalue weighted by molar-refractivity contribution is 7.90. The van der Waals surface area contributed by atoms with Crippen molar-refractivity contribution in [3.05, 3.63) is 65.2 Å². The number of hydrogen-bond acceptors (Lipinski definition) is 4. The second-order valence-corrected chi connectivity index (χ2v) is 8.00. The van der Waals surface area contributed by atoms with Crippen molar-refractivity contribution in [1.82, 2.24) is 4.90 Å². The molecule has 0 heterocycles. The van der Waals surface area contributed by atoms with E-state index in [0.29, 0.717) is 12.0 Å². The lowest BCUT2D eigenvalue weighted by atomic mass is 10.0. The molecule has 0 saturated heterocycles. The Balaban J connectivity index is 2.45. The van der Waals surface area contributed by atoms with E-state index in [9.17, 15) is 23.1 Å². The van der Waals surface area contributed by atoms with Gasteiger partial charge in [-0.05, 0) is 29.7 Å². The first-order valence-electron chi connectivity index (χ1n) is 8.10. The van der Waals surface area contributed by atoms with E-state index in [4.69, 9.17) is 0 Å². The Labute approximate surface area is 153 Å². The number of nitrogens with zero attached hydrogens (tertiary/aromatic N) is 1. The van der Waals surface area contributed by atoms with E-state index >= 15 is 0 Å². The number of aryl methyl sites for hydroxylation is 1. The summed E-state index contributed by atoms with van der Waals surface area (Å²) < 4.78 is 23.7. The standard InChI is InChI=1S/C19H21NO5S/c1-3-15-9-10-16(26(2,24)25)11-17(15)19(23)20(13-18(21)22)12-14-7-5-4-6-8-14/h4-11H,3,12-13H2,1-2H3,(H,21,22). The number of carbonyl (C=O) groups is 2. The third-order valence-corrected chi connectivity index (χ3v) is 5.06. The lowest BCUT2D eigenvalue weighted by Gasteiger charge is -2.22. The molecule has 2 aromatic carbocycles. The van der Waals surface area contributed by atoms with E-state index < -0.39 is 28.3 Å². The first-order chi connectivity index (χ1) is 12.2. The average Bonchev–Trinajstić information content (AvgIpc) is 2.59. The van der Waals surface area contributed by atoms with Crippen LogP contribution in [0.2, 0.25) is 0 Å². The van der Waals surface area contributed by atoms with Crippen molar-refractivity contribution in [3.8, 4) is 0 Å². The van der Waals surface area contributed by atoms with Crippen LogP contribution < -0.4 is 0 Å². The molecule has 1 amide bonds. The highest BCUT2D eigenvalue weighted by atomic mass is 32.2. The van der Waals surface area contributed by atoms with Crippen molar-refractivity contribution in [1.29, 1.82) is 0 Å². The molecule has 0 unspecified atom stereocenters. The molecule has 1 N–H and O–H groups in total. The van der Waals surface area contributed by atoms with E-state index in [2.05, 4.69) is 0 Å². The van der Waals surface area contributed by atoms with Crippen LogP contribution in [0.3, 0.4) is 0 Å². The van der Waals surface area contributed by atoms with Crippen LogP contribution in [0.4, 0.5) is 0 Å². The van der Waals surface area contributed by atoms with Crippen LogP contribution in [0.1, 0.15) is 28.4 Å². The van der Waals surface area contributed by atoms with Gasteiger partial charge in [0.2, 0.25) is 0 Å². The van der Waals surface area contributed by atoms with Crippen LogP contribution in [0.25, 0.3) is 0 Å². The Kier molecular flexibility index (Phi) is 6.15. The summed E-state index contributed by atoms with van der Waals surface area (Å²) in [6.45, 7) is 1.50. The molecule has 0 aromatic heterocycles. The lowest BCUT2D eigenvalue weighted by Crippen LogP contribution is -2.35. The summed E-state index contributed by atoms with van der Waals surface area (Å²) >= 11 is 0. The number of carboxylic acid groups (broad SMARTS) is 1. The molecule has 0 aliphatic heterocycles. The molecule has 7 heteroatoms. The maximum absolute atomic E-state index is 13.0. The Morgan fingerprint density at radius 3 is 2.27 bits per heavy atom. The van der Waals surface area contributed by atoms with Gasteiger partial charge in [0.25, 0.3) is 5.91 Å². The van der Waals surface area contributed by atoms with Crippen molar-refractivity contribution in [2.24, 2.45) is 0 Å². The Morgan fingerprint density at radius 1 is 1.08 bits per heavy atom. The fourth-order valence-electron chi connectivity index (χ4n) is 2.63. The lowest BCUT2D eigenvalue weighted by molar-refractivity contribution is -0.137. The molecule has 2 aromatic rings. The van der Waals surface area contributed by atoms with E-state index in [1.165, 1.54) is 17.0 Å². The number of benzene rings is 2. The summed E-state index contributed by atoms with van der Waals surface area (Å²) in [6, 6.07) is 13.4. The molecule has 2 rings (SSSR count). The van der Waals surface area contributed by atoms with E-state index in [1.807, 2.05) is 13.0 Å². The van der Waals surface area contributed by atoms with Crippen LogP contribution in [0, 0.1) is 0 Å². The maximum atomic E-state index is 13.0. The topological polar surface area (TPSA) is 91.8 Å². The predicted octanol–water partition coefficient (Wildman–Crippen LogP) is 2.38. The van der Waals surface area contributed by atoms with Crippen molar-refractivity contribution in [2.75, 3.05) is 12.8 Å². The fourth-order valence-corrected chi connectivity index (χ4v) is 3.28. The zero-order valence-electron chi connectivity index (χ0n) is 14.7. The first kappa shape index (κ1) is 19.7. The van der Waals surface area contributed by atoms with Gasteiger partial charge >= 0.3 is 5.97 Å². The quantitative estimate of drug-likeness (QED) is 0.802. The largest absolute Gasteiger partial charge is 0.480 e. The summed E-state index contributed by atoms with van der Waals surface area (Å²) in [5, 5.41) is 9.18. The third-order valence-electron chi connectivity index (χ3n) is 3.95. The molecule has 0 atom stereocenters. The number of sulfone groups is 1. The van der Waals surface area contributed by atoms with Crippen LogP contribution in [-0.2, 0) is 27.6 Å². The first-order valence-corrected chi connectivity index (χ1v) is 9.99. The van der Waals surface area contributed by atoms with Gasteiger partial charge in [-0.3, -0.25) is 9.59 Å². The number of hydrogen-bond donors (Lipinski definition) is 1. The summed E-state index contributed by atoms with van der Waals surface area (Å²) in [6.07, 6.45) is 1.60. The van der Waals surface area contributed by atoms with Gasteiger partial charge in [-0.2, -0.15) is 0 Å². The second kappa shape index (κ2) is 8.14. The maximum Gasteiger partial charge on any atom is 0.323 e. The molecule has 6 nitrogen and oxygen atoms in total. The predicted molar refractivity (Wildman–Crippen MR) is 97.7 cm³/mol. The van der Waals surface area contributed by atoms with Crippen molar-refractivity contribution in [2.45, 2.75) is 24.8 Å². The second-order valence-electron chi connectivity index (χ2n) is 5.99. The summed E-state index contributed by atoms with van der Waals surface area (Å²) in [4.78, 5) is 25.5. The van der Waals surface area contributed by atoms with Gasteiger partial charge in [-0.1, -0.05) is 43.3 Å². The van der Waals surface area contributed by atoms with Crippen LogP contribution in [-0.4, -0.2) is 43.1 Å². The SMILES string of the molecule is CCc1ccc(S(C)(=O)=O)cc1C(=O)N(CC(=O)O)Cc1ccccc1. The van der Waals surface area contributed by atoms with Crippen LogP contribution in [0.5, 0.6) is 0 Å². The van der Waals surface area contributed by atoms with Gasteiger partial charge in [0.15, 0.2) is 9.84 Å². The minimum absolute atomic E-state index is 0.0352.